The fraction of sp³-hybridized carbons (Fsp3) is 0.333. The van der Waals surface area contributed by atoms with Crippen LogP contribution >= 0.6 is 0 Å². The molecule has 0 N–H and O–H groups in total. The van der Waals surface area contributed by atoms with E-state index in [0.717, 1.165) is 11.4 Å². The molecule has 6 heteroatoms. The van der Waals surface area contributed by atoms with Crippen LogP contribution in [-0.4, -0.2) is 19.5 Å². The molecule has 0 aromatic carbocycles. The predicted molar refractivity (Wildman–Crippen MR) is 53.9 cm³/mol. The van der Waals surface area contributed by atoms with E-state index in [1.165, 1.54) is 4.52 Å². The Labute approximate surface area is 85.7 Å². The molecule has 2 aromatic rings. The maximum Gasteiger partial charge on any atom is 0.336 e. The Bertz CT molecular complexity index is 559. The van der Waals surface area contributed by atoms with Crippen LogP contribution in [-0.2, 0) is 0 Å². The highest BCUT2D eigenvalue weighted by atomic mass is 16.6. The number of aryl methyl sites for hydroxylation is 3. The Morgan fingerprint density at radius 1 is 1.40 bits per heavy atom. The van der Waals surface area contributed by atoms with Crippen molar-refractivity contribution in [3.8, 4) is 0 Å². The van der Waals surface area contributed by atoms with Gasteiger partial charge < -0.3 is 0 Å². The van der Waals surface area contributed by atoms with Gasteiger partial charge in [-0.25, -0.2) is 9.50 Å². The summed E-state index contributed by atoms with van der Waals surface area (Å²) in [7, 11) is 0. The third kappa shape index (κ3) is 1.34. The molecule has 0 spiro atoms. The highest BCUT2D eigenvalue weighted by Crippen LogP contribution is 2.23. The normalized spacial score (nSPS) is 10.9. The molecule has 0 saturated heterocycles. The Balaban J connectivity index is 2.93. The largest absolute Gasteiger partial charge is 0.336 e. The molecule has 2 heterocycles. The van der Waals surface area contributed by atoms with Crippen molar-refractivity contribution in [1.82, 2.24) is 14.6 Å². The number of hydrogen-bond acceptors (Lipinski definition) is 4. The van der Waals surface area contributed by atoms with Crippen molar-refractivity contribution in [2.45, 2.75) is 20.8 Å². The van der Waals surface area contributed by atoms with Crippen LogP contribution in [0.2, 0.25) is 0 Å². The second-order valence-corrected chi connectivity index (χ2v) is 3.47. The molecular formula is C9H10N4O2. The molecule has 78 valence electrons. The highest BCUT2D eigenvalue weighted by Gasteiger charge is 2.22. The molecular weight excluding hydrogens is 196 g/mol. The van der Waals surface area contributed by atoms with Gasteiger partial charge in [0.15, 0.2) is 0 Å². The summed E-state index contributed by atoms with van der Waals surface area (Å²) in [5, 5.41) is 14.9. The van der Waals surface area contributed by atoms with E-state index in [-0.39, 0.29) is 5.69 Å². The fourth-order valence-electron chi connectivity index (χ4n) is 1.63. The summed E-state index contributed by atoms with van der Waals surface area (Å²) in [5.74, 6) is 0. The standard InChI is InChI=1S/C9H10N4O2/c1-5-4-6(2)12-9(10-5)8(13(14)15)7(3)11-12/h4H,1-3H3. The van der Waals surface area contributed by atoms with E-state index in [4.69, 9.17) is 0 Å². The minimum Gasteiger partial charge on any atom is -0.258 e. The quantitative estimate of drug-likeness (QED) is 0.524. The van der Waals surface area contributed by atoms with Gasteiger partial charge in [0, 0.05) is 11.4 Å². The molecule has 0 aliphatic heterocycles. The molecule has 0 saturated carbocycles. The second-order valence-electron chi connectivity index (χ2n) is 3.47. The summed E-state index contributed by atoms with van der Waals surface area (Å²) < 4.78 is 1.50. The number of hydrogen-bond donors (Lipinski definition) is 0. The van der Waals surface area contributed by atoms with Crippen molar-refractivity contribution in [1.29, 1.82) is 0 Å². The van der Waals surface area contributed by atoms with Gasteiger partial charge in [-0.3, -0.25) is 10.1 Å². The first-order valence-corrected chi connectivity index (χ1v) is 4.48. The number of nitro groups is 1. The number of rotatable bonds is 1. The molecule has 0 amide bonds. The molecule has 0 fully saturated rings. The van der Waals surface area contributed by atoms with Crippen molar-refractivity contribution in [2.24, 2.45) is 0 Å². The maximum atomic E-state index is 10.8. The summed E-state index contributed by atoms with van der Waals surface area (Å²) in [6.45, 7) is 5.26. The molecule has 0 aliphatic carbocycles. The van der Waals surface area contributed by atoms with Gasteiger partial charge in [-0.1, -0.05) is 0 Å². The van der Waals surface area contributed by atoms with Gasteiger partial charge >= 0.3 is 5.69 Å². The first kappa shape index (κ1) is 9.57. The average molecular weight is 206 g/mol. The summed E-state index contributed by atoms with van der Waals surface area (Å²) >= 11 is 0. The van der Waals surface area contributed by atoms with E-state index in [1.54, 1.807) is 13.8 Å². The Morgan fingerprint density at radius 3 is 2.67 bits per heavy atom. The molecule has 0 atom stereocenters. The summed E-state index contributed by atoms with van der Waals surface area (Å²) in [6, 6.07) is 1.84. The molecule has 0 aliphatic rings. The third-order valence-corrected chi connectivity index (χ3v) is 2.22. The highest BCUT2D eigenvalue weighted by molar-refractivity contribution is 5.62. The summed E-state index contributed by atoms with van der Waals surface area (Å²) in [6.07, 6.45) is 0. The van der Waals surface area contributed by atoms with Gasteiger partial charge in [-0.2, -0.15) is 5.10 Å². The molecule has 6 nitrogen and oxygen atoms in total. The van der Waals surface area contributed by atoms with Crippen LogP contribution in [0.1, 0.15) is 17.1 Å². The zero-order valence-electron chi connectivity index (χ0n) is 8.68. The molecule has 0 bridgehead atoms. The van der Waals surface area contributed by atoms with Crippen LogP contribution in [0.25, 0.3) is 5.65 Å². The Morgan fingerprint density at radius 2 is 2.07 bits per heavy atom. The lowest BCUT2D eigenvalue weighted by Gasteiger charge is -1.98. The van der Waals surface area contributed by atoms with E-state index < -0.39 is 4.92 Å². The summed E-state index contributed by atoms with van der Waals surface area (Å²) in [5.41, 5.74) is 2.29. The first-order chi connectivity index (χ1) is 7.00. The second kappa shape index (κ2) is 3.01. The maximum absolute atomic E-state index is 10.8. The topological polar surface area (TPSA) is 73.3 Å². The van der Waals surface area contributed by atoms with E-state index in [9.17, 15) is 10.1 Å². The van der Waals surface area contributed by atoms with Crippen molar-refractivity contribution >= 4 is 11.3 Å². The number of aromatic nitrogens is 3. The zero-order valence-corrected chi connectivity index (χ0v) is 8.68. The van der Waals surface area contributed by atoms with Crippen LogP contribution in [0, 0.1) is 30.9 Å². The average Bonchev–Trinajstić information content (AvgIpc) is 2.41. The van der Waals surface area contributed by atoms with E-state index in [0.29, 0.717) is 11.3 Å². The SMILES string of the molecule is Cc1cc(C)n2nc(C)c([N+](=O)[O-])c2n1. The fourth-order valence-corrected chi connectivity index (χ4v) is 1.63. The van der Waals surface area contributed by atoms with Crippen molar-refractivity contribution < 1.29 is 4.92 Å². The third-order valence-electron chi connectivity index (χ3n) is 2.22. The van der Waals surface area contributed by atoms with Crippen LogP contribution in [0.15, 0.2) is 6.07 Å². The van der Waals surface area contributed by atoms with Crippen molar-refractivity contribution in [3.63, 3.8) is 0 Å². The Kier molecular flexibility index (Phi) is 1.92. The molecule has 0 unspecified atom stereocenters. The lowest BCUT2D eigenvalue weighted by Crippen LogP contribution is -1.98. The first-order valence-electron chi connectivity index (χ1n) is 4.48. The van der Waals surface area contributed by atoms with E-state index in [2.05, 4.69) is 10.1 Å². The van der Waals surface area contributed by atoms with Gasteiger partial charge in [0.2, 0.25) is 5.65 Å². The van der Waals surface area contributed by atoms with Gasteiger partial charge in [0.1, 0.15) is 5.69 Å². The smallest absolute Gasteiger partial charge is 0.258 e. The molecule has 15 heavy (non-hydrogen) atoms. The Hall–Kier alpha value is -1.98. The van der Waals surface area contributed by atoms with Crippen LogP contribution in [0.5, 0.6) is 0 Å². The lowest BCUT2D eigenvalue weighted by atomic mass is 10.3. The van der Waals surface area contributed by atoms with Gasteiger partial charge in [-0.15, -0.1) is 0 Å². The molecule has 2 rings (SSSR count). The van der Waals surface area contributed by atoms with E-state index in [1.807, 2.05) is 13.0 Å². The van der Waals surface area contributed by atoms with Crippen molar-refractivity contribution in [2.75, 3.05) is 0 Å². The van der Waals surface area contributed by atoms with E-state index >= 15 is 0 Å². The lowest BCUT2D eigenvalue weighted by molar-refractivity contribution is -0.383. The van der Waals surface area contributed by atoms with Crippen LogP contribution in [0.4, 0.5) is 5.69 Å². The monoisotopic (exact) mass is 206 g/mol. The predicted octanol–water partition coefficient (Wildman–Crippen LogP) is 1.56. The minimum absolute atomic E-state index is 0.0122. The van der Waals surface area contributed by atoms with Crippen molar-refractivity contribution in [3.05, 3.63) is 33.3 Å². The van der Waals surface area contributed by atoms with Gasteiger partial charge in [0.05, 0.1) is 4.92 Å². The molecule has 2 aromatic heterocycles. The number of nitrogens with zero attached hydrogens (tertiary/aromatic N) is 4. The van der Waals surface area contributed by atoms with Gasteiger partial charge in [0.25, 0.3) is 0 Å². The number of fused-ring (bicyclic) bond motifs is 1. The summed E-state index contributed by atoms with van der Waals surface area (Å²) in [4.78, 5) is 14.5. The zero-order chi connectivity index (χ0) is 11.2. The van der Waals surface area contributed by atoms with Crippen LogP contribution < -0.4 is 0 Å². The minimum atomic E-state index is -0.441. The van der Waals surface area contributed by atoms with Gasteiger partial charge in [-0.05, 0) is 26.8 Å². The molecule has 0 radical (unpaired) electrons. The van der Waals surface area contributed by atoms with Crippen LogP contribution in [0.3, 0.4) is 0 Å².